The number of aromatic nitrogens is 2. The number of benzene rings is 2. The molecule has 0 spiro atoms. The van der Waals surface area contributed by atoms with Crippen molar-refractivity contribution in [1.29, 1.82) is 0 Å². The van der Waals surface area contributed by atoms with E-state index in [0.717, 1.165) is 27.9 Å². The standard InChI is InChI=1S/C18H13F3N4O/c19-18(20,21)26-13-4-1-11(2-5-13)15-10-16(25-24-15)12-3-6-14-17(9-12)23-8-7-22-14/h1-9,16,25H,10H2. The van der Waals surface area contributed by atoms with Crippen molar-refractivity contribution in [2.45, 2.75) is 18.8 Å². The lowest BCUT2D eigenvalue weighted by Gasteiger charge is -2.11. The van der Waals surface area contributed by atoms with Crippen LogP contribution in [0.3, 0.4) is 0 Å². The maximum Gasteiger partial charge on any atom is 0.573 e. The quantitative estimate of drug-likeness (QED) is 0.770. The zero-order valence-electron chi connectivity index (χ0n) is 13.4. The van der Waals surface area contributed by atoms with Crippen LogP contribution in [0.5, 0.6) is 5.75 Å². The van der Waals surface area contributed by atoms with E-state index in [4.69, 9.17) is 0 Å². The highest BCUT2D eigenvalue weighted by atomic mass is 19.4. The molecule has 26 heavy (non-hydrogen) atoms. The number of hydrogen-bond donors (Lipinski definition) is 1. The third-order valence-corrected chi connectivity index (χ3v) is 4.07. The van der Waals surface area contributed by atoms with Crippen molar-refractivity contribution < 1.29 is 17.9 Å². The van der Waals surface area contributed by atoms with E-state index in [0.29, 0.717) is 6.42 Å². The monoisotopic (exact) mass is 358 g/mol. The van der Waals surface area contributed by atoms with Gasteiger partial charge < -0.3 is 10.2 Å². The molecule has 2 aromatic carbocycles. The maximum atomic E-state index is 12.2. The van der Waals surface area contributed by atoms with Crippen LogP contribution < -0.4 is 10.2 Å². The van der Waals surface area contributed by atoms with Gasteiger partial charge in [-0.2, -0.15) is 5.10 Å². The molecule has 0 bridgehead atoms. The smallest absolute Gasteiger partial charge is 0.406 e. The van der Waals surface area contributed by atoms with Crippen molar-refractivity contribution in [3.05, 3.63) is 66.0 Å². The lowest BCUT2D eigenvalue weighted by Crippen LogP contribution is -2.17. The third-order valence-electron chi connectivity index (χ3n) is 4.07. The Balaban J connectivity index is 1.48. The molecule has 1 aliphatic heterocycles. The summed E-state index contributed by atoms with van der Waals surface area (Å²) in [6.45, 7) is 0. The zero-order chi connectivity index (χ0) is 18.1. The Morgan fingerprint density at radius 2 is 1.69 bits per heavy atom. The molecule has 3 aromatic rings. The van der Waals surface area contributed by atoms with E-state index in [2.05, 4.69) is 25.2 Å². The Labute approximate surface area is 146 Å². The minimum absolute atomic E-state index is 0.0255. The molecule has 0 fully saturated rings. The van der Waals surface area contributed by atoms with Crippen LogP contribution in [0.15, 0.2) is 60.0 Å². The van der Waals surface area contributed by atoms with Gasteiger partial charge in [0.1, 0.15) is 5.75 Å². The molecule has 0 saturated carbocycles. The summed E-state index contributed by atoms with van der Waals surface area (Å²) in [7, 11) is 0. The normalized spacial score (nSPS) is 17.0. The summed E-state index contributed by atoms with van der Waals surface area (Å²) < 4.78 is 40.6. The highest BCUT2D eigenvalue weighted by Gasteiger charge is 2.31. The summed E-state index contributed by atoms with van der Waals surface area (Å²) in [5, 5.41) is 4.32. The van der Waals surface area contributed by atoms with Crippen molar-refractivity contribution in [3.63, 3.8) is 0 Å². The topological polar surface area (TPSA) is 59.4 Å². The van der Waals surface area contributed by atoms with E-state index >= 15 is 0 Å². The molecular weight excluding hydrogens is 345 g/mol. The van der Waals surface area contributed by atoms with Crippen LogP contribution in [0, 0.1) is 0 Å². The second-order valence-electron chi connectivity index (χ2n) is 5.82. The number of fused-ring (bicyclic) bond motifs is 1. The summed E-state index contributed by atoms with van der Waals surface area (Å²) in [5.74, 6) is -0.252. The third kappa shape index (κ3) is 3.44. The predicted octanol–water partition coefficient (Wildman–Crippen LogP) is 3.97. The molecule has 1 unspecified atom stereocenters. The Morgan fingerprint density at radius 3 is 2.42 bits per heavy atom. The van der Waals surface area contributed by atoms with Gasteiger partial charge in [-0.05, 0) is 47.5 Å². The summed E-state index contributed by atoms with van der Waals surface area (Å²) >= 11 is 0. The first-order valence-corrected chi connectivity index (χ1v) is 7.87. The highest BCUT2D eigenvalue weighted by molar-refractivity contribution is 6.02. The van der Waals surface area contributed by atoms with Crippen LogP contribution >= 0.6 is 0 Å². The van der Waals surface area contributed by atoms with Crippen LogP contribution in [-0.4, -0.2) is 22.0 Å². The summed E-state index contributed by atoms with van der Waals surface area (Å²) in [5.41, 5.74) is 7.22. The van der Waals surface area contributed by atoms with Gasteiger partial charge in [0.2, 0.25) is 0 Å². The number of hydrazone groups is 1. The van der Waals surface area contributed by atoms with E-state index in [-0.39, 0.29) is 11.8 Å². The van der Waals surface area contributed by atoms with Crippen molar-refractivity contribution in [2.75, 3.05) is 0 Å². The summed E-state index contributed by atoms with van der Waals surface area (Å²) in [6, 6.07) is 11.5. The molecular formula is C18H13F3N4O. The first-order valence-electron chi connectivity index (χ1n) is 7.87. The fourth-order valence-corrected chi connectivity index (χ4v) is 2.86. The molecule has 1 aliphatic rings. The average Bonchev–Trinajstić information content (AvgIpc) is 3.11. The molecule has 0 radical (unpaired) electrons. The van der Waals surface area contributed by atoms with E-state index in [1.807, 2.05) is 18.2 Å². The lowest BCUT2D eigenvalue weighted by molar-refractivity contribution is -0.274. The molecule has 132 valence electrons. The van der Waals surface area contributed by atoms with Gasteiger partial charge in [0.25, 0.3) is 0 Å². The van der Waals surface area contributed by atoms with E-state index in [1.54, 1.807) is 24.5 Å². The molecule has 5 nitrogen and oxygen atoms in total. The molecule has 4 rings (SSSR count). The Hall–Kier alpha value is -3.16. The van der Waals surface area contributed by atoms with E-state index < -0.39 is 6.36 Å². The number of nitrogens with zero attached hydrogens (tertiary/aromatic N) is 3. The second-order valence-corrected chi connectivity index (χ2v) is 5.82. The van der Waals surface area contributed by atoms with Gasteiger partial charge in [-0.3, -0.25) is 9.97 Å². The average molecular weight is 358 g/mol. The van der Waals surface area contributed by atoms with Crippen LogP contribution in [0.1, 0.15) is 23.6 Å². The largest absolute Gasteiger partial charge is 0.573 e. The Bertz CT molecular complexity index is 970. The number of ether oxygens (including phenoxy) is 1. The maximum absolute atomic E-state index is 12.2. The molecule has 0 saturated heterocycles. The number of rotatable bonds is 3. The van der Waals surface area contributed by atoms with Crippen molar-refractivity contribution in [2.24, 2.45) is 5.10 Å². The van der Waals surface area contributed by atoms with Gasteiger partial charge >= 0.3 is 6.36 Å². The van der Waals surface area contributed by atoms with Gasteiger partial charge in [0.05, 0.1) is 22.8 Å². The van der Waals surface area contributed by atoms with E-state index in [1.165, 1.54) is 12.1 Å². The van der Waals surface area contributed by atoms with Gasteiger partial charge in [0.15, 0.2) is 0 Å². The Morgan fingerprint density at radius 1 is 0.962 bits per heavy atom. The van der Waals surface area contributed by atoms with Gasteiger partial charge in [0, 0.05) is 18.8 Å². The molecule has 0 amide bonds. The number of alkyl halides is 3. The van der Waals surface area contributed by atoms with Crippen LogP contribution in [0.25, 0.3) is 11.0 Å². The molecule has 1 N–H and O–H groups in total. The number of nitrogens with one attached hydrogen (secondary N) is 1. The molecule has 1 aromatic heterocycles. The molecule has 2 heterocycles. The Kier molecular flexibility index (Phi) is 3.95. The van der Waals surface area contributed by atoms with Gasteiger partial charge in [-0.1, -0.05) is 6.07 Å². The SMILES string of the molecule is FC(F)(F)Oc1ccc(C2=NNC(c3ccc4nccnc4c3)C2)cc1. The predicted molar refractivity (Wildman–Crippen MR) is 89.7 cm³/mol. The fourth-order valence-electron chi connectivity index (χ4n) is 2.86. The minimum atomic E-state index is -4.70. The minimum Gasteiger partial charge on any atom is -0.406 e. The van der Waals surface area contributed by atoms with Crippen molar-refractivity contribution in [1.82, 2.24) is 15.4 Å². The number of hydrogen-bond acceptors (Lipinski definition) is 5. The summed E-state index contributed by atoms with van der Waals surface area (Å²) in [6.07, 6.45) is -0.798. The zero-order valence-corrected chi connectivity index (χ0v) is 13.4. The first-order chi connectivity index (χ1) is 12.5. The van der Waals surface area contributed by atoms with Crippen LogP contribution in [-0.2, 0) is 0 Å². The second kappa shape index (κ2) is 6.29. The van der Waals surface area contributed by atoms with Crippen molar-refractivity contribution >= 4 is 16.7 Å². The lowest BCUT2D eigenvalue weighted by atomic mass is 9.99. The molecule has 8 heteroatoms. The van der Waals surface area contributed by atoms with Crippen molar-refractivity contribution in [3.8, 4) is 5.75 Å². The van der Waals surface area contributed by atoms with Gasteiger partial charge in [-0.15, -0.1) is 13.2 Å². The van der Waals surface area contributed by atoms with Crippen LogP contribution in [0.2, 0.25) is 0 Å². The molecule has 0 aliphatic carbocycles. The fraction of sp³-hybridized carbons (Fsp3) is 0.167. The summed E-state index contributed by atoms with van der Waals surface area (Å²) in [4.78, 5) is 8.54. The number of halogens is 3. The van der Waals surface area contributed by atoms with E-state index in [9.17, 15) is 13.2 Å². The van der Waals surface area contributed by atoms with Crippen LogP contribution in [0.4, 0.5) is 13.2 Å². The molecule has 1 atom stereocenters. The van der Waals surface area contributed by atoms with Gasteiger partial charge in [-0.25, -0.2) is 0 Å². The highest BCUT2D eigenvalue weighted by Crippen LogP contribution is 2.28. The first kappa shape index (κ1) is 16.3.